The molecule has 0 amide bonds. The molecule has 0 aliphatic rings. The Morgan fingerprint density at radius 1 is 1.00 bits per heavy atom. The quantitative estimate of drug-likeness (QED) is 0.381. The van der Waals surface area contributed by atoms with Gasteiger partial charge >= 0.3 is 0 Å². The monoisotopic (exact) mass is 467 g/mol. The fraction of sp³-hybridized carbons (Fsp3) is 0.105. The number of pyridine rings is 1. The number of benzene rings is 1. The first kappa shape index (κ1) is 16.3. The Kier molecular flexibility index (Phi) is 3.85. The second kappa shape index (κ2) is 6.38. The maximum Gasteiger partial charge on any atom is 0.177 e. The number of hydrogen-bond donors (Lipinski definition) is 0. The van der Waals surface area contributed by atoms with Crippen LogP contribution in [0, 0.1) is 3.70 Å². The molecule has 0 aliphatic carbocycles. The van der Waals surface area contributed by atoms with E-state index in [2.05, 4.69) is 66.2 Å². The predicted molar refractivity (Wildman–Crippen MR) is 110 cm³/mol. The summed E-state index contributed by atoms with van der Waals surface area (Å²) < 4.78 is 4.50. The first-order chi connectivity index (χ1) is 13.2. The lowest BCUT2D eigenvalue weighted by atomic mass is 10.1. The molecule has 5 aromatic rings. The van der Waals surface area contributed by atoms with Gasteiger partial charge in [-0.3, -0.25) is 9.67 Å². The van der Waals surface area contributed by atoms with Crippen molar-refractivity contribution in [2.24, 2.45) is 7.05 Å². The van der Waals surface area contributed by atoms with E-state index in [0.29, 0.717) is 6.42 Å². The van der Waals surface area contributed by atoms with E-state index < -0.39 is 0 Å². The number of nitrogens with zero attached hydrogens (tertiary/aromatic N) is 7. The van der Waals surface area contributed by atoms with Crippen molar-refractivity contribution in [2.45, 2.75) is 6.42 Å². The first-order valence-corrected chi connectivity index (χ1v) is 9.49. The molecule has 7 nitrogen and oxygen atoms in total. The molecule has 0 unspecified atom stereocenters. The van der Waals surface area contributed by atoms with Crippen LogP contribution in [0.1, 0.15) is 11.4 Å². The Hall–Kier alpha value is -2.88. The number of aryl methyl sites for hydroxylation is 1. The van der Waals surface area contributed by atoms with Crippen molar-refractivity contribution in [3.8, 4) is 11.3 Å². The highest BCUT2D eigenvalue weighted by Gasteiger charge is 2.10. The van der Waals surface area contributed by atoms with Crippen LogP contribution in [-0.2, 0) is 13.5 Å². The van der Waals surface area contributed by atoms with Gasteiger partial charge in [0.05, 0.1) is 11.2 Å². The molecule has 4 aromatic heterocycles. The largest absolute Gasteiger partial charge is 0.275 e. The maximum atomic E-state index is 4.57. The smallest absolute Gasteiger partial charge is 0.177 e. The molecule has 132 valence electrons. The molecule has 1 aromatic carbocycles. The minimum atomic E-state index is 0.651. The van der Waals surface area contributed by atoms with Gasteiger partial charge in [0.25, 0.3) is 0 Å². The second-order valence-electron chi connectivity index (χ2n) is 6.34. The zero-order chi connectivity index (χ0) is 18.4. The van der Waals surface area contributed by atoms with Crippen LogP contribution < -0.4 is 0 Å². The van der Waals surface area contributed by atoms with E-state index in [0.717, 1.165) is 42.9 Å². The molecule has 0 atom stereocenters. The Balaban J connectivity index is 1.54. The van der Waals surface area contributed by atoms with Gasteiger partial charge in [-0.2, -0.15) is 14.7 Å². The van der Waals surface area contributed by atoms with Crippen molar-refractivity contribution in [2.75, 3.05) is 0 Å². The molecule has 0 bridgehead atoms. The third-order valence-corrected chi connectivity index (χ3v) is 4.99. The van der Waals surface area contributed by atoms with Crippen molar-refractivity contribution in [3.05, 3.63) is 69.9 Å². The number of halogens is 1. The lowest BCUT2D eigenvalue weighted by molar-refractivity contribution is 0.771. The number of fused-ring (bicyclic) bond motifs is 2. The lowest BCUT2D eigenvalue weighted by Gasteiger charge is -2.04. The summed E-state index contributed by atoms with van der Waals surface area (Å²) in [6.07, 6.45) is 4.45. The standard InChI is InChI=1S/C19H14IN7/c1-26-7-6-16(24-26)14-10-13-8-12(2-3-15(13)21-11-14)9-19-23-22-18-5-4-17(20)25-27(18)19/h2-8,10-11H,9H2,1H3. The lowest BCUT2D eigenvalue weighted by Crippen LogP contribution is -2.01. The molecule has 0 radical (unpaired) electrons. The highest BCUT2D eigenvalue weighted by molar-refractivity contribution is 14.1. The fourth-order valence-corrected chi connectivity index (χ4v) is 3.50. The molecule has 27 heavy (non-hydrogen) atoms. The predicted octanol–water partition coefficient (Wildman–Crippen LogP) is 3.27. The molecule has 0 saturated carbocycles. The van der Waals surface area contributed by atoms with Crippen molar-refractivity contribution >= 4 is 39.1 Å². The van der Waals surface area contributed by atoms with E-state index in [1.165, 1.54) is 0 Å². The highest BCUT2D eigenvalue weighted by atomic mass is 127. The van der Waals surface area contributed by atoms with E-state index in [-0.39, 0.29) is 0 Å². The van der Waals surface area contributed by atoms with Crippen molar-refractivity contribution in [1.29, 1.82) is 0 Å². The van der Waals surface area contributed by atoms with E-state index in [4.69, 9.17) is 0 Å². The van der Waals surface area contributed by atoms with Crippen molar-refractivity contribution in [3.63, 3.8) is 0 Å². The molecule has 0 N–H and O–H groups in total. The van der Waals surface area contributed by atoms with Gasteiger partial charge in [0.2, 0.25) is 0 Å². The summed E-state index contributed by atoms with van der Waals surface area (Å²) in [5.41, 5.74) is 4.77. The number of hydrogen-bond acceptors (Lipinski definition) is 5. The molecule has 8 heteroatoms. The van der Waals surface area contributed by atoms with Crippen LogP contribution in [-0.4, -0.2) is 34.6 Å². The summed E-state index contributed by atoms with van der Waals surface area (Å²) in [4.78, 5) is 4.57. The second-order valence-corrected chi connectivity index (χ2v) is 7.45. The van der Waals surface area contributed by atoms with Gasteiger partial charge in [-0.05, 0) is 64.6 Å². The Morgan fingerprint density at radius 3 is 2.78 bits per heavy atom. The zero-order valence-corrected chi connectivity index (χ0v) is 16.6. The molecule has 0 saturated heterocycles. The minimum absolute atomic E-state index is 0.651. The summed E-state index contributed by atoms with van der Waals surface area (Å²) in [5.74, 6) is 0.816. The third-order valence-electron chi connectivity index (χ3n) is 4.41. The average molecular weight is 467 g/mol. The SMILES string of the molecule is Cn1ccc(-c2cnc3ccc(Cc4nnc5ccc(I)nn45)cc3c2)n1. The van der Waals surface area contributed by atoms with E-state index in [1.54, 1.807) is 9.20 Å². The Labute approximate surface area is 168 Å². The maximum absolute atomic E-state index is 4.57. The Morgan fingerprint density at radius 2 is 1.93 bits per heavy atom. The van der Waals surface area contributed by atoms with Gasteiger partial charge in [-0.15, -0.1) is 10.2 Å². The topological polar surface area (TPSA) is 73.8 Å². The molecule has 0 aliphatic heterocycles. The van der Waals surface area contributed by atoms with Gasteiger partial charge in [0, 0.05) is 36.8 Å². The summed E-state index contributed by atoms with van der Waals surface area (Å²) >= 11 is 2.19. The van der Waals surface area contributed by atoms with E-state index in [1.807, 2.05) is 43.7 Å². The average Bonchev–Trinajstić information content (AvgIpc) is 3.27. The van der Waals surface area contributed by atoms with Crippen LogP contribution in [0.3, 0.4) is 0 Å². The van der Waals surface area contributed by atoms with Gasteiger partial charge in [-0.25, -0.2) is 0 Å². The van der Waals surface area contributed by atoms with Crippen LogP contribution in [0.25, 0.3) is 27.8 Å². The first-order valence-electron chi connectivity index (χ1n) is 8.41. The molecule has 4 heterocycles. The highest BCUT2D eigenvalue weighted by Crippen LogP contribution is 2.23. The van der Waals surface area contributed by atoms with Crippen LogP contribution >= 0.6 is 22.6 Å². The van der Waals surface area contributed by atoms with Gasteiger partial charge < -0.3 is 0 Å². The number of rotatable bonds is 3. The zero-order valence-electron chi connectivity index (χ0n) is 14.4. The fourth-order valence-electron chi connectivity index (χ4n) is 3.10. The van der Waals surface area contributed by atoms with Crippen LogP contribution in [0.5, 0.6) is 0 Å². The summed E-state index contributed by atoms with van der Waals surface area (Å²) in [6.45, 7) is 0. The molecule has 0 fully saturated rings. The molecule has 5 rings (SSSR count). The normalized spacial score (nSPS) is 11.5. The summed E-state index contributed by atoms with van der Waals surface area (Å²) in [5, 5.41) is 18.5. The van der Waals surface area contributed by atoms with Gasteiger partial charge in [0.1, 0.15) is 3.70 Å². The van der Waals surface area contributed by atoms with Gasteiger partial charge in [-0.1, -0.05) is 6.07 Å². The molecule has 0 spiro atoms. The Bertz CT molecular complexity index is 1290. The van der Waals surface area contributed by atoms with Crippen LogP contribution in [0.15, 0.2) is 54.9 Å². The summed E-state index contributed by atoms with van der Waals surface area (Å²) in [7, 11) is 1.91. The van der Waals surface area contributed by atoms with E-state index >= 15 is 0 Å². The van der Waals surface area contributed by atoms with Crippen molar-refractivity contribution < 1.29 is 0 Å². The van der Waals surface area contributed by atoms with Gasteiger partial charge in [0.15, 0.2) is 11.5 Å². The summed E-state index contributed by atoms with van der Waals surface area (Å²) in [6, 6.07) is 14.2. The minimum Gasteiger partial charge on any atom is -0.275 e. The third kappa shape index (κ3) is 3.05. The van der Waals surface area contributed by atoms with Crippen LogP contribution in [0.4, 0.5) is 0 Å². The van der Waals surface area contributed by atoms with Crippen molar-refractivity contribution in [1.82, 2.24) is 34.6 Å². The van der Waals surface area contributed by atoms with Crippen LogP contribution in [0.2, 0.25) is 0 Å². The number of aromatic nitrogens is 7. The van der Waals surface area contributed by atoms with E-state index in [9.17, 15) is 0 Å². The molecular weight excluding hydrogens is 453 g/mol. The molecular formula is C19H14IN7.